The second kappa shape index (κ2) is 5.86. The molecule has 0 aliphatic heterocycles. The van der Waals surface area contributed by atoms with Crippen molar-refractivity contribution in [2.45, 2.75) is 19.5 Å². The monoisotopic (exact) mass is 331 g/mol. The summed E-state index contributed by atoms with van der Waals surface area (Å²) in [6.07, 6.45) is -2.57. The number of rotatable bonds is 4. The quantitative estimate of drug-likeness (QED) is 0.788. The molecule has 1 heterocycles. The SMILES string of the molecule is CCCN(CC(F)(F)F)c1ncnc(Cl)c1Br. The van der Waals surface area contributed by atoms with Crippen LogP contribution >= 0.6 is 27.5 Å². The van der Waals surface area contributed by atoms with Crippen LogP contribution < -0.4 is 4.90 Å². The highest BCUT2D eigenvalue weighted by Gasteiger charge is 2.32. The average molecular weight is 333 g/mol. The zero-order valence-corrected chi connectivity index (χ0v) is 11.3. The largest absolute Gasteiger partial charge is 0.405 e. The summed E-state index contributed by atoms with van der Waals surface area (Å²) in [5, 5.41) is 0.0956. The molecule has 0 atom stereocenters. The minimum absolute atomic E-state index is 0.0956. The lowest BCUT2D eigenvalue weighted by atomic mass is 10.4. The Kier molecular flexibility index (Phi) is 5.00. The molecule has 1 aromatic heterocycles. The molecule has 0 amide bonds. The van der Waals surface area contributed by atoms with E-state index in [1.165, 1.54) is 0 Å². The van der Waals surface area contributed by atoms with Crippen molar-refractivity contribution in [3.63, 3.8) is 0 Å². The van der Waals surface area contributed by atoms with Crippen LogP contribution in [-0.4, -0.2) is 29.2 Å². The van der Waals surface area contributed by atoms with Crippen LogP contribution in [0.1, 0.15) is 13.3 Å². The molecule has 0 aromatic carbocycles. The van der Waals surface area contributed by atoms with Gasteiger partial charge in [-0.25, -0.2) is 9.97 Å². The molecular weight excluding hydrogens is 322 g/mol. The van der Waals surface area contributed by atoms with Crippen LogP contribution in [0.4, 0.5) is 19.0 Å². The van der Waals surface area contributed by atoms with Gasteiger partial charge in [-0.1, -0.05) is 18.5 Å². The summed E-state index contributed by atoms with van der Waals surface area (Å²) >= 11 is 8.82. The Hall–Kier alpha value is -0.560. The van der Waals surface area contributed by atoms with E-state index in [0.29, 0.717) is 6.42 Å². The maximum Gasteiger partial charge on any atom is 0.405 e. The smallest absolute Gasteiger partial charge is 0.346 e. The normalized spacial score (nSPS) is 11.6. The van der Waals surface area contributed by atoms with Gasteiger partial charge in [0.15, 0.2) is 0 Å². The molecule has 0 bridgehead atoms. The van der Waals surface area contributed by atoms with Crippen LogP contribution in [0.3, 0.4) is 0 Å². The molecule has 1 rings (SSSR count). The van der Waals surface area contributed by atoms with Crippen molar-refractivity contribution in [2.24, 2.45) is 0 Å². The number of nitrogens with zero attached hydrogens (tertiary/aromatic N) is 3. The first kappa shape index (κ1) is 14.5. The molecule has 0 unspecified atom stereocenters. The fraction of sp³-hybridized carbons (Fsp3) is 0.556. The highest BCUT2D eigenvalue weighted by molar-refractivity contribution is 9.10. The number of hydrogen-bond donors (Lipinski definition) is 0. The summed E-state index contributed by atoms with van der Waals surface area (Å²) in [6.45, 7) is 0.971. The Bertz CT molecular complexity index is 386. The van der Waals surface area contributed by atoms with Crippen LogP contribution in [0, 0.1) is 0 Å². The Balaban J connectivity index is 3.01. The second-order valence-electron chi connectivity index (χ2n) is 3.34. The molecule has 0 spiro atoms. The Morgan fingerprint density at radius 1 is 1.41 bits per heavy atom. The highest BCUT2D eigenvalue weighted by Crippen LogP contribution is 2.31. The molecule has 17 heavy (non-hydrogen) atoms. The van der Waals surface area contributed by atoms with Gasteiger partial charge < -0.3 is 4.90 Å². The van der Waals surface area contributed by atoms with Gasteiger partial charge in [-0.05, 0) is 22.4 Å². The van der Waals surface area contributed by atoms with E-state index < -0.39 is 12.7 Å². The standard InChI is InChI=1S/C9H10BrClF3N3/c1-2-3-17(4-9(12,13)14)8-6(10)7(11)15-5-16-8/h5H,2-4H2,1H3. The van der Waals surface area contributed by atoms with Gasteiger partial charge >= 0.3 is 6.18 Å². The van der Waals surface area contributed by atoms with E-state index in [9.17, 15) is 13.2 Å². The summed E-state index contributed by atoms with van der Waals surface area (Å²) in [6, 6.07) is 0. The summed E-state index contributed by atoms with van der Waals surface area (Å²) in [5.41, 5.74) is 0. The molecule has 96 valence electrons. The van der Waals surface area contributed by atoms with Crippen LogP contribution in [0.5, 0.6) is 0 Å². The molecule has 0 saturated heterocycles. The van der Waals surface area contributed by atoms with E-state index in [-0.39, 0.29) is 22.0 Å². The molecule has 0 aliphatic rings. The number of aromatic nitrogens is 2. The van der Waals surface area contributed by atoms with Gasteiger partial charge in [-0.3, -0.25) is 0 Å². The number of anilines is 1. The third-order valence-corrected chi connectivity index (χ3v) is 3.14. The van der Waals surface area contributed by atoms with Gasteiger partial charge in [0.2, 0.25) is 0 Å². The minimum Gasteiger partial charge on any atom is -0.346 e. The van der Waals surface area contributed by atoms with E-state index >= 15 is 0 Å². The molecule has 0 N–H and O–H groups in total. The first-order valence-electron chi connectivity index (χ1n) is 4.83. The Morgan fingerprint density at radius 2 is 2.06 bits per heavy atom. The first-order valence-corrected chi connectivity index (χ1v) is 6.00. The molecule has 1 aromatic rings. The molecule has 0 aliphatic carbocycles. The lowest BCUT2D eigenvalue weighted by molar-refractivity contribution is -0.119. The molecule has 0 saturated carbocycles. The summed E-state index contributed by atoms with van der Waals surface area (Å²) in [4.78, 5) is 8.63. The zero-order valence-electron chi connectivity index (χ0n) is 8.93. The topological polar surface area (TPSA) is 29.0 Å². The van der Waals surface area contributed by atoms with Crippen molar-refractivity contribution in [2.75, 3.05) is 18.0 Å². The van der Waals surface area contributed by atoms with Gasteiger partial charge in [0.05, 0.1) is 4.47 Å². The molecule has 0 fully saturated rings. The fourth-order valence-corrected chi connectivity index (χ4v) is 1.89. The Morgan fingerprint density at radius 3 is 2.59 bits per heavy atom. The lowest BCUT2D eigenvalue weighted by Crippen LogP contribution is -2.35. The van der Waals surface area contributed by atoms with Crippen LogP contribution in [0.2, 0.25) is 5.15 Å². The Labute approximate surface area is 110 Å². The van der Waals surface area contributed by atoms with Gasteiger partial charge in [0, 0.05) is 6.54 Å². The maximum atomic E-state index is 12.4. The summed E-state index contributed by atoms with van der Waals surface area (Å²) < 4.78 is 37.5. The summed E-state index contributed by atoms with van der Waals surface area (Å²) in [5.74, 6) is 0.157. The van der Waals surface area contributed by atoms with Gasteiger partial charge in [-0.15, -0.1) is 0 Å². The van der Waals surface area contributed by atoms with E-state index in [2.05, 4.69) is 25.9 Å². The van der Waals surface area contributed by atoms with Crippen molar-refractivity contribution < 1.29 is 13.2 Å². The fourth-order valence-electron chi connectivity index (χ4n) is 1.31. The van der Waals surface area contributed by atoms with E-state index in [1.54, 1.807) is 6.92 Å². The molecule has 0 radical (unpaired) electrons. The van der Waals surface area contributed by atoms with Crippen molar-refractivity contribution in [1.82, 2.24) is 9.97 Å². The van der Waals surface area contributed by atoms with Gasteiger partial charge in [0.25, 0.3) is 0 Å². The number of halogens is 5. The van der Waals surface area contributed by atoms with Crippen LogP contribution in [0.15, 0.2) is 10.8 Å². The molecule has 3 nitrogen and oxygen atoms in total. The number of alkyl halides is 3. The third-order valence-electron chi connectivity index (χ3n) is 1.89. The van der Waals surface area contributed by atoms with E-state index in [4.69, 9.17) is 11.6 Å². The van der Waals surface area contributed by atoms with Crippen LogP contribution in [0.25, 0.3) is 0 Å². The van der Waals surface area contributed by atoms with Crippen LogP contribution in [-0.2, 0) is 0 Å². The predicted molar refractivity (Wildman–Crippen MR) is 63.3 cm³/mol. The van der Waals surface area contributed by atoms with Crippen molar-refractivity contribution in [1.29, 1.82) is 0 Å². The summed E-state index contributed by atoms with van der Waals surface area (Å²) in [7, 11) is 0. The van der Waals surface area contributed by atoms with Gasteiger partial charge in [0.1, 0.15) is 23.8 Å². The third kappa shape index (κ3) is 4.31. The number of hydrogen-bond acceptors (Lipinski definition) is 3. The molecule has 8 heteroatoms. The second-order valence-corrected chi connectivity index (χ2v) is 4.49. The maximum absolute atomic E-state index is 12.4. The average Bonchev–Trinajstić information content (AvgIpc) is 2.19. The highest BCUT2D eigenvalue weighted by atomic mass is 79.9. The lowest BCUT2D eigenvalue weighted by Gasteiger charge is -2.25. The van der Waals surface area contributed by atoms with Crippen molar-refractivity contribution in [3.8, 4) is 0 Å². The van der Waals surface area contributed by atoms with E-state index in [1.807, 2.05) is 0 Å². The predicted octanol–water partition coefficient (Wildman–Crippen LogP) is 3.67. The van der Waals surface area contributed by atoms with Crippen molar-refractivity contribution >= 4 is 33.3 Å². The van der Waals surface area contributed by atoms with E-state index in [0.717, 1.165) is 11.2 Å². The minimum atomic E-state index is -4.29. The zero-order chi connectivity index (χ0) is 13.1. The van der Waals surface area contributed by atoms with Gasteiger partial charge in [-0.2, -0.15) is 13.2 Å². The molecular formula is C9H10BrClF3N3. The van der Waals surface area contributed by atoms with Crippen molar-refractivity contribution in [3.05, 3.63) is 16.0 Å². The first-order chi connectivity index (χ1) is 7.85.